The molecular formula is C16H25NOSi. The van der Waals surface area contributed by atoms with Gasteiger partial charge in [-0.3, -0.25) is 4.79 Å². The van der Waals surface area contributed by atoms with Crippen molar-refractivity contribution in [1.82, 2.24) is 0 Å². The fourth-order valence-electron chi connectivity index (χ4n) is 3.80. The molecule has 0 spiro atoms. The van der Waals surface area contributed by atoms with Crippen molar-refractivity contribution in [1.29, 1.82) is 5.26 Å². The highest BCUT2D eigenvalue weighted by Crippen LogP contribution is 2.57. The molecule has 2 aliphatic carbocycles. The first-order valence-corrected chi connectivity index (χ1v) is 10.9. The summed E-state index contributed by atoms with van der Waals surface area (Å²) in [5.41, 5.74) is 2.34. The van der Waals surface area contributed by atoms with Gasteiger partial charge < -0.3 is 0 Å². The Balaban J connectivity index is 2.55. The molecule has 0 aliphatic heterocycles. The van der Waals surface area contributed by atoms with Gasteiger partial charge in [-0.15, -0.1) is 0 Å². The number of hydrogen-bond acceptors (Lipinski definition) is 2. The summed E-state index contributed by atoms with van der Waals surface area (Å²) in [7, 11) is -1.40. The summed E-state index contributed by atoms with van der Waals surface area (Å²) in [5, 5.41) is 9.83. The molecule has 0 bridgehead atoms. The maximum Gasteiger partial charge on any atom is 0.163 e. The number of nitrogens with zero attached hydrogens (tertiary/aromatic N) is 1. The van der Waals surface area contributed by atoms with E-state index in [-0.39, 0.29) is 17.1 Å². The molecule has 19 heavy (non-hydrogen) atoms. The fraction of sp³-hybridized carbons (Fsp3) is 0.750. The molecular weight excluding hydrogens is 250 g/mol. The first-order chi connectivity index (χ1) is 8.63. The lowest BCUT2D eigenvalue weighted by atomic mass is 9.58. The molecule has 0 heterocycles. The van der Waals surface area contributed by atoms with Gasteiger partial charge in [-0.2, -0.15) is 5.26 Å². The second-order valence-electron chi connectivity index (χ2n) is 7.94. The predicted molar refractivity (Wildman–Crippen MR) is 80.2 cm³/mol. The molecule has 0 aromatic carbocycles. The molecule has 104 valence electrons. The molecule has 2 saturated carbocycles. The van der Waals surface area contributed by atoms with Gasteiger partial charge in [-0.25, -0.2) is 0 Å². The highest BCUT2D eigenvalue weighted by molar-refractivity contribution is 6.81. The van der Waals surface area contributed by atoms with Crippen LogP contribution in [0.5, 0.6) is 0 Å². The lowest BCUT2D eigenvalue weighted by Crippen LogP contribution is -2.48. The molecule has 2 nitrogen and oxygen atoms in total. The Bertz CT molecular complexity index is 478. The van der Waals surface area contributed by atoms with E-state index in [4.69, 9.17) is 0 Å². The zero-order chi connectivity index (χ0) is 14.5. The van der Waals surface area contributed by atoms with Crippen LogP contribution in [0.4, 0.5) is 0 Å². The van der Waals surface area contributed by atoms with Crippen LogP contribution in [0.3, 0.4) is 0 Å². The quantitative estimate of drug-likeness (QED) is 0.676. The van der Waals surface area contributed by atoms with E-state index < -0.39 is 13.5 Å². The zero-order valence-corrected chi connectivity index (χ0v) is 13.8. The van der Waals surface area contributed by atoms with Crippen molar-refractivity contribution in [3.05, 3.63) is 11.3 Å². The number of fused-ring (bicyclic) bond motifs is 1. The third kappa shape index (κ3) is 2.21. The zero-order valence-electron chi connectivity index (χ0n) is 12.8. The minimum Gasteiger partial charge on any atom is -0.297 e. The Morgan fingerprint density at radius 1 is 1.32 bits per heavy atom. The van der Waals surface area contributed by atoms with Crippen LogP contribution in [0.2, 0.25) is 19.6 Å². The highest BCUT2D eigenvalue weighted by atomic mass is 28.3. The molecule has 0 saturated heterocycles. The predicted octanol–water partition coefficient (Wildman–Crippen LogP) is 4.10. The standard InChI is InChI=1S/C16H25NOSi/c1-15(2)9-8-12-6-7-13(10-19(3,4)5)16(12,11-17)14(15)18/h10,12H,6-9H2,1-5H3/b13-10+/t12-,16+/m0/s1. The highest BCUT2D eigenvalue weighted by Gasteiger charge is 2.59. The SMILES string of the molecule is CC1(C)CC[C@@H]2CC/C(=C\[Si](C)(C)C)[C@]2(C#N)C1=O. The summed E-state index contributed by atoms with van der Waals surface area (Å²) in [6.45, 7) is 10.8. The smallest absolute Gasteiger partial charge is 0.163 e. The molecule has 2 aliphatic rings. The number of ketones is 1. The van der Waals surface area contributed by atoms with E-state index in [0.29, 0.717) is 0 Å². The van der Waals surface area contributed by atoms with Crippen molar-refractivity contribution < 1.29 is 4.79 Å². The van der Waals surface area contributed by atoms with Crippen LogP contribution in [0.15, 0.2) is 11.3 Å². The molecule has 0 amide bonds. The fourth-order valence-corrected chi connectivity index (χ4v) is 5.22. The van der Waals surface area contributed by atoms with Crippen LogP contribution in [0, 0.1) is 28.1 Å². The number of hydrogen-bond donors (Lipinski definition) is 0. The van der Waals surface area contributed by atoms with Crippen molar-refractivity contribution in [2.24, 2.45) is 16.7 Å². The van der Waals surface area contributed by atoms with Crippen LogP contribution in [0.25, 0.3) is 0 Å². The normalized spacial score (nSPS) is 36.1. The topological polar surface area (TPSA) is 40.9 Å². The largest absolute Gasteiger partial charge is 0.297 e. The van der Waals surface area contributed by atoms with Gasteiger partial charge in [0.1, 0.15) is 5.41 Å². The molecule has 0 N–H and O–H groups in total. The number of nitriles is 1. The average molecular weight is 275 g/mol. The molecule has 0 radical (unpaired) electrons. The maximum atomic E-state index is 12.9. The van der Waals surface area contributed by atoms with Crippen molar-refractivity contribution in [2.75, 3.05) is 0 Å². The Morgan fingerprint density at radius 3 is 2.47 bits per heavy atom. The van der Waals surface area contributed by atoms with E-state index in [1.807, 2.05) is 13.8 Å². The number of Topliss-reactive ketones (excluding diaryl/α,β-unsaturated/α-hetero) is 1. The Hall–Kier alpha value is -0.883. The molecule has 0 aromatic rings. The summed E-state index contributed by atoms with van der Waals surface area (Å²) in [4.78, 5) is 12.9. The lowest BCUT2D eigenvalue weighted by molar-refractivity contribution is -0.138. The van der Waals surface area contributed by atoms with E-state index in [9.17, 15) is 10.1 Å². The van der Waals surface area contributed by atoms with Crippen LogP contribution in [0.1, 0.15) is 39.5 Å². The van der Waals surface area contributed by atoms with Crippen molar-refractivity contribution in [2.45, 2.75) is 59.2 Å². The molecule has 3 heteroatoms. The molecule has 0 aromatic heterocycles. The monoisotopic (exact) mass is 275 g/mol. The van der Waals surface area contributed by atoms with Crippen molar-refractivity contribution in [3.8, 4) is 6.07 Å². The number of allylic oxidation sites excluding steroid dienone is 1. The Kier molecular flexibility index (Phi) is 3.30. The van der Waals surface area contributed by atoms with Gasteiger partial charge in [0.05, 0.1) is 14.1 Å². The van der Waals surface area contributed by atoms with Crippen LogP contribution in [-0.4, -0.2) is 13.9 Å². The molecule has 2 atom stereocenters. The Morgan fingerprint density at radius 2 is 1.95 bits per heavy atom. The lowest BCUT2D eigenvalue weighted by Gasteiger charge is -2.42. The van der Waals surface area contributed by atoms with Gasteiger partial charge in [0.2, 0.25) is 0 Å². The maximum absolute atomic E-state index is 12.9. The third-order valence-electron chi connectivity index (χ3n) is 4.76. The van der Waals surface area contributed by atoms with Crippen LogP contribution < -0.4 is 0 Å². The summed E-state index contributed by atoms with van der Waals surface area (Å²) in [6, 6.07) is 2.46. The van der Waals surface area contributed by atoms with Crippen molar-refractivity contribution in [3.63, 3.8) is 0 Å². The average Bonchev–Trinajstić information content (AvgIpc) is 2.62. The van der Waals surface area contributed by atoms with Gasteiger partial charge in [0.25, 0.3) is 0 Å². The summed E-state index contributed by atoms with van der Waals surface area (Å²) in [5.74, 6) is 0.446. The van der Waals surface area contributed by atoms with Crippen molar-refractivity contribution >= 4 is 13.9 Å². The first-order valence-electron chi connectivity index (χ1n) is 7.32. The minimum absolute atomic E-state index is 0.181. The Labute approximate surface area is 117 Å². The third-order valence-corrected chi connectivity index (χ3v) is 5.97. The van der Waals surface area contributed by atoms with Gasteiger partial charge >= 0.3 is 0 Å². The van der Waals surface area contributed by atoms with Gasteiger partial charge in [-0.1, -0.05) is 44.8 Å². The van der Waals surface area contributed by atoms with E-state index in [2.05, 4.69) is 31.4 Å². The second-order valence-corrected chi connectivity index (χ2v) is 13.0. The van der Waals surface area contributed by atoms with E-state index in [0.717, 1.165) is 31.3 Å². The van der Waals surface area contributed by atoms with E-state index >= 15 is 0 Å². The number of carbonyl (C=O) groups is 1. The summed E-state index contributed by atoms with van der Waals surface area (Å²) >= 11 is 0. The van der Waals surface area contributed by atoms with Gasteiger partial charge in [-0.05, 0) is 31.6 Å². The molecule has 2 fully saturated rings. The number of carbonyl (C=O) groups excluding carboxylic acids is 1. The van der Waals surface area contributed by atoms with Gasteiger partial charge in [0, 0.05) is 5.41 Å². The van der Waals surface area contributed by atoms with Crippen LogP contribution in [-0.2, 0) is 4.79 Å². The second kappa shape index (κ2) is 4.31. The summed E-state index contributed by atoms with van der Waals surface area (Å²) < 4.78 is 0. The van der Waals surface area contributed by atoms with Crippen LogP contribution >= 0.6 is 0 Å². The van der Waals surface area contributed by atoms with Gasteiger partial charge in [0.15, 0.2) is 5.78 Å². The molecule has 0 unspecified atom stereocenters. The minimum atomic E-state index is -1.40. The molecule has 2 rings (SSSR count). The van der Waals surface area contributed by atoms with E-state index in [1.54, 1.807) is 0 Å². The first kappa shape index (κ1) is 14.5. The summed E-state index contributed by atoms with van der Waals surface area (Å²) in [6.07, 6.45) is 3.92. The van der Waals surface area contributed by atoms with E-state index in [1.165, 1.54) is 0 Å². The number of rotatable bonds is 1.